The molecule has 0 radical (unpaired) electrons. The van der Waals surface area contributed by atoms with Crippen LogP contribution in [0.15, 0.2) is 59.5 Å². The molecule has 0 unspecified atom stereocenters. The van der Waals surface area contributed by atoms with Crippen LogP contribution in [-0.2, 0) is 26.0 Å². The minimum absolute atomic E-state index is 0.0314. The fraction of sp³-hybridized carbons (Fsp3) is 0.286. The number of anilines is 1. The number of nitrogens with one attached hydrogen (secondary N) is 1. The maximum atomic E-state index is 13.1. The van der Waals surface area contributed by atoms with Gasteiger partial charge in [0.25, 0.3) is 5.91 Å². The molecular formula is C21H24N4O4S2. The van der Waals surface area contributed by atoms with E-state index in [2.05, 4.69) is 5.32 Å². The Bertz CT molecular complexity index is 1070. The molecule has 2 aromatic carbocycles. The number of benzene rings is 2. The van der Waals surface area contributed by atoms with E-state index in [9.17, 15) is 18.0 Å². The third kappa shape index (κ3) is 5.27. The molecule has 1 heterocycles. The topological polar surface area (TPSA) is 113 Å². The lowest BCUT2D eigenvalue weighted by Crippen LogP contribution is -2.50. The van der Waals surface area contributed by atoms with Crippen LogP contribution in [0.25, 0.3) is 0 Å². The maximum absolute atomic E-state index is 13.1. The first-order valence-electron chi connectivity index (χ1n) is 9.80. The molecule has 1 atom stereocenters. The Morgan fingerprint density at radius 1 is 1.16 bits per heavy atom. The minimum atomic E-state index is -3.76. The zero-order chi connectivity index (χ0) is 22.6. The average Bonchev–Trinajstić information content (AvgIpc) is 3.02. The molecule has 1 saturated heterocycles. The molecule has 0 aromatic heterocycles. The van der Waals surface area contributed by atoms with Gasteiger partial charge < -0.3 is 10.2 Å². The van der Waals surface area contributed by atoms with Gasteiger partial charge in [0.15, 0.2) is 5.11 Å². The molecule has 0 saturated carbocycles. The van der Waals surface area contributed by atoms with E-state index < -0.39 is 16.1 Å². The molecule has 3 rings (SSSR count). The van der Waals surface area contributed by atoms with Crippen molar-refractivity contribution in [2.45, 2.75) is 30.7 Å². The summed E-state index contributed by atoms with van der Waals surface area (Å²) in [5.41, 5.74) is 1.39. The predicted molar refractivity (Wildman–Crippen MR) is 122 cm³/mol. The summed E-state index contributed by atoms with van der Waals surface area (Å²) in [5, 5.41) is 8.59. The van der Waals surface area contributed by atoms with Crippen molar-refractivity contribution in [3.63, 3.8) is 0 Å². The number of hydrogen-bond acceptors (Lipinski definition) is 5. The van der Waals surface area contributed by atoms with Gasteiger partial charge in [-0.2, -0.15) is 0 Å². The zero-order valence-electron chi connectivity index (χ0n) is 17.0. The second-order valence-electron chi connectivity index (χ2n) is 7.09. The Labute approximate surface area is 187 Å². The lowest BCUT2D eigenvalue weighted by atomic mass is 10.1. The first-order valence-corrected chi connectivity index (χ1v) is 11.8. The van der Waals surface area contributed by atoms with Crippen molar-refractivity contribution in [1.82, 2.24) is 10.2 Å². The predicted octanol–water partition coefficient (Wildman–Crippen LogP) is 1.41. The van der Waals surface area contributed by atoms with Crippen molar-refractivity contribution in [2.75, 3.05) is 18.0 Å². The van der Waals surface area contributed by atoms with Crippen LogP contribution in [0.3, 0.4) is 0 Å². The van der Waals surface area contributed by atoms with E-state index in [1.54, 1.807) is 41.3 Å². The SMILES string of the molecule is CCNC(=S)N(CCc1ccc(S(N)(=O)=O)cc1)[C@@H]1CC(=O)N(c2ccccc2)C1=O. The van der Waals surface area contributed by atoms with Crippen molar-refractivity contribution in [1.29, 1.82) is 0 Å². The van der Waals surface area contributed by atoms with Crippen LogP contribution in [0.4, 0.5) is 5.69 Å². The molecule has 3 N–H and O–H groups in total. The molecule has 0 spiro atoms. The molecule has 2 amide bonds. The maximum Gasteiger partial charge on any atom is 0.257 e. The highest BCUT2D eigenvalue weighted by molar-refractivity contribution is 7.89. The van der Waals surface area contributed by atoms with Crippen molar-refractivity contribution in [2.24, 2.45) is 5.14 Å². The van der Waals surface area contributed by atoms with E-state index in [0.717, 1.165) is 5.56 Å². The monoisotopic (exact) mass is 460 g/mol. The van der Waals surface area contributed by atoms with E-state index in [1.165, 1.54) is 17.0 Å². The van der Waals surface area contributed by atoms with E-state index in [0.29, 0.717) is 30.3 Å². The number of sulfonamides is 1. The number of primary sulfonamides is 1. The van der Waals surface area contributed by atoms with E-state index in [4.69, 9.17) is 17.4 Å². The Morgan fingerprint density at radius 2 is 1.81 bits per heavy atom. The number of thiocarbonyl (C=S) groups is 1. The van der Waals surface area contributed by atoms with Gasteiger partial charge in [0.05, 0.1) is 17.0 Å². The van der Waals surface area contributed by atoms with Gasteiger partial charge in [-0.25, -0.2) is 18.5 Å². The molecular weight excluding hydrogens is 436 g/mol. The van der Waals surface area contributed by atoms with Crippen molar-refractivity contribution in [3.05, 3.63) is 60.2 Å². The molecule has 164 valence electrons. The fourth-order valence-electron chi connectivity index (χ4n) is 3.45. The Hall–Kier alpha value is -2.82. The fourth-order valence-corrected chi connectivity index (χ4v) is 4.33. The second kappa shape index (κ2) is 9.54. The summed E-state index contributed by atoms with van der Waals surface area (Å²) in [6.45, 7) is 2.86. The molecule has 0 bridgehead atoms. The van der Waals surface area contributed by atoms with Gasteiger partial charge in [0.1, 0.15) is 6.04 Å². The van der Waals surface area contributed by atoms with E-state index in [1.807, 2.05) is 13.0 Å². The number of amides is 2. The number of imide groups is 1. The number of nitrogens with two attached hydrogens (primary N) is 1. The summed E-state index contributed by atoms with van der Waals surface area (Å²) < 4.78 is 22.9. The van der Waals surface area contributed by atoms with E-state index >= 15 is 0 Å². The molecule has 10 heteroatoms. The Kier molecular flexibility index (Phi) is 7.04. The smallest absolute Gasteiger partial charge is 0.257 e. The summed E-state index contributed by atoms with van der Waals surface area (Å²) in [4.78, 5) is 28.7. The normalized spacial score (nSPS) is 16.5. The number of carbonyl (C=O) groups is 2. The molecule has 1 aliphatic heterocycles. The highest BCUT2D eigenvalue weighted by Crippen LogP contribution is 2.26. The van der Waals surface area contributed by atoms with Crippen molar-refractivity contribution < 1.29 is 18.0 Å². The second-order valence-corrected chi connectivity index (χ2v) is 9.04. The third-order valence-electron chi connectivity index (χ3n) is 5.00. The van der Waals surface area contributed by atoms with Gasteiger partial charge in [-0.05, 0) is 55.4 Å². The van der Waals surface area contributed by atoms with Crippen LogP contribution >= 0.6 is 12.2 Å². The van der Waals surface area contributed by atoms with Gasteiger partial charge in [-0.3, -0.25) is 9.59 Å². The number of para-hydroxylation sites is 1. The largest absolute Gasteiger partial charge is 0.363 e. The molecule has 2 aromatic rings. The highest BCUT2D eigenvalue weighted by Gasteiger charge is 2.43. The van der Waals surface area contributed by atoms with Crippen LogP contribution < -0.4 is 15.4 Å². The molecule has 1 aliphatic rings. The molecule has 1 fully saturated rings. The quantitative estimate of drug-likeness (QED) is 0.474. The summed E-state index contributed by atoms with van der Waals surface area (Å²) in [6.07, 6.45) is 0.531. The summed E-state index contributed by atoms with van der Waals surface area (Å²) in [5.74, 6) is -0.593. The number of hydrogen-bond donors (Lipinski definition) is 2. The van der Waals surface area contributed by atoms with Gasteiger partial charge >= 0.3 is 0 Å². The summed E-state index contributed by atoms with van der Waals surface area (Å²) in [7, 11) is -3.76. The average molecular weight is 461 g/mol. The van der Waals surface area contributed by atoms with Crippen molar-refractivity contribution in [3.8, 4) is 0 Å². The zero-order valence-corrected chi connectivity index (χ0v) is 18.7. The summed E-state index contributed by atoms with van der Waals surface area (Å²) >= 11 is 5.48. The third-order valence-corrected chi connectivity index (χ3v) is 6.30. The van der Waals surface area contributed by atoms with Crippen LogP contribution in [0.2, 0.25) is 0 Å². The van der Waals surface area contributed by atoms with Crippen LogP contribution in [0.5, 0.6) is 0 Å². The molecule has 0 aliphatic carbocycles. The first kappa shape index (κ1) is 22.9. The first-order chi connectivity index (χ1) is 14.7. The lowest BCUT2D eigenvalue weighted by Gasteiger charge is -2.30. The van der Waals surface area contributed by atoms with Gasteiger partial charge in [-0.1, -0.05) is 30.3 Å². The summed E-state index contributed by atoms with van der Waals surface area (Å²) in [6, 6.07) is 14.3. The van der Waals surface area contributed by atoms with Crippen LogP contribution in [0.1, 0.15) is 18.9 Å². The van der Waals surface area contributed by atoms with E-state index in [-0.39, 0.29) is 23.1 Å². The van der Waals surface area contributed by atoms with Gasteiger partial charge in [0, 0.05) is 13.1 Å². The van der Waals surface area contributed by atoms with Gasteiger partial charge in [0.2, 0.25) is 15.9 Å². The minimum Gasteiger partial charge on any atom is -0.363 e. The lowest BCUT2D eigenvalue weighted by molar-refractivity contribution is -0.122. The molecule has 8 nitrogen and oxygen atoms in total. The van der Waals surface area contributed by atoms with Crippen LogP contribution in [-0.4, -0.2) is 49.4 Å². The van der Waals surface area contributed by atoms with Gasteiger partial charge in [-0.15, -0.1) is 0 Å². The van der Waals surface area contributed by atoms with Crippen molar-refractivity contribution >= 4 is 44.9 Å². The van der Waals surface area contributed by atoms with Crippen LogP contribution in [0, 0.1) is 0 Å². The highest BCUT2D eigenvalue weighted by atomic mass is 32.2. The number of carbonyl (C=O) groups excluding carboxylic acids is 2. The number of rotatable bonds is 7. The standard InChI is InChI=1S/C21H24N4O4S2/c1-2-23-21(30)24(13-12-15-8-10-17(11-9-15)31(22,28)29)18-14-19(26)25(20(18)27)16-6-4-3-5-7-16/h3-11,18H,2,12-14H2,1H3,(H,23,30)(H2,22,28,29)/t18-/m1/s1. The number of nitrogens with zero attached hydrogens (tertiary/aromatic N) is 2. The molecule has 31 heavy (non-hydrogen) atoms. The Balaban J connectivity index is 1.79. The Morgan fingerprint density at radius 3 is 2.39 bits per heavy atom.